The lowest BCUT2D eigenvalue weighted by Crippen LogP contribution is -2.56. The van der Waals surface area contributed by atoms with Crippen molar-refractivity contribution in [3.05, 3.63) is 52.4 Å². The van der Waals surface area contributed by atoms with Crippen molar-refractivity contribution in [3.8, 4) is 28.4 Å². The highest BCUT2D eigenvalue weighted by Gasteiger charge is 2.50. The Kier molecular flexibility index (Phi) is 7.47. The van der Waals surface area contributed by atoms with Crippen molar-refractivity contribution >= 4 is 11.0 Å². The van der Waals surface area contributed by atoms with Crippen molar-refractivity contribution in [1.82, 2.24) is 0 Å². The van der Waals surface area contributed by atoms with E-state index in [-0.39, 0.29) is 27.8 Å². The predicted octanol–water partition coefficient (Wildman–Crippen LogP) is -1.44. The van der Waals surface area contributed by atoms with Gasteiger partial charge in [0.1, 0.15) is 71.1 Å². The molecule has 9 N–H and O–H groups in total. The summed E-state index contributed by atoms with van der Waals surface area (Å²) in [6, 6.07) is 6.44. The summed E-state index contributed by atoms with van der Waals surface area (Å²) in [5.41, 5.74) is -2.97. The molecule has 5 rings (SSSR count). The number of aliphatic hydroxyl groups is 6. The zero-order chi connectivity index (χ0) is 28.9. The molecule has 40 heavy (non-hydrogen) atoms. The summed E-state index contributed by atoms with van der Waals surface area (Å²) in [6.07, 6.45) is -10.4. The Morgan fingerprint density at radius 2 is 1.68 bits per heavy atom. The van der Waals surface area contributed by atoms with Crippen LogP contribution in [0.3, 0.4) is 0 Å². The van der Waals surface area contributed by atoms with E-state index in [1.165, 1.54) is 24.3 Å². The molecule has 0 spiro atoms. The van der Waals surface area contributed by atoms with Gasteiger partial charge in [0, 0.05) is 6.07 Å². The molecule has 0 saturated carbocycles. The number of phenols is 3. The van der Waals surface area contributed by atoms with Gasteiger partial charge in [0.2, 0.25) is 5.43 Å². The van der Waals surface area contributed by atoms with Crippen molar-refractivity contribution in [3.63, 3.8) is 0 Å². The van der Waals surface area contributed by atoms with Crippen molar-refractivity contribution in [2.75, 3.05) is 19.8 Å². The largest absolute Gasteiger partial charge is 0.508 e. The monoisotopic (exact) mass is 564 g/mol. The molecule has 8 unspecified atom stereocenters. The van der Waals surface area contributed by atoms with Gasteiger partial charge >= 0.3 is 0 Å². The van der Waals surface area contributed by atoms with Crippen LogP contribution in [0, 0.1) is 0 Å². The molecule has 216 valence electrons. The Morgan fingerprint density at radius 3 is 2.33 bits per heavy atom. The van der Waals surface area contributed by atoms with E-state index in [2.05, 4.69) is 0 Å². The first kappa shape index (κ1) is 28.2. The lowest BCUT2D eigenvalue weighted by molar-refractivity contribution is -0.252. The van der Waals surface area contributed by atoms with Gasteiger partial charge in [-0.05, 0) is 17.7 Å². The Balaban J connectivity index is 1.49. The summed E-state index contributed by atoms with van der Waals surface area (Å²) in [7, 11) is 0. The van der Waals surface area contributed by atoms with E-state index in [9.17, 15) is 50.8 Å². The lowest BCUT2D eigenvalue weighted by Gasteiger charge is -2.41. The molecule has 8 atom stereocenters. The first-order chi connectivity index (χ1) is 19.0. The fraction of sp³-hybridized carbons (Fsp3) is 0.423. The number of hydrogen-bond acceptors (Lipinski definition) is 14. The van der Waals surface area contributed by atoms with Crippen LogP contribution in [0.1, 0.15) is 11.7 Å². The molecule has 2 aliphatic heterocycles. The number of phenolic OH excluding ortho intramolecular Hbond substituents is 3. The number of aromatic hydroxyl groups is 3. The molecule has 14 heteroatoms. The van der Waals surface area contributed by atoms with E-state index in [1.807, 2.05) is 0 Å². The summed E-state index contributed by atoms with van der Waals surface area (Å²) in [5.74, 6) is -1.33. The number of fused-ring (bicyclic) bond motifs is 1. The van der Waals surface area contributed by atoms with Crippen molar-refractivity contribution in [2.45, 2.75) is 48.5 Å². The van der Waals surface area contributed by atoms with E-state index >= 15 is 0 Å². The van der Waals surface area contributed by atoms with E-state index in [0.717, 1.165) is 12.3 Å². The standard InChI is InChI=1S/C26H28O14/c27-8-26(36)9-39-25(24(26)35)38-7-15-19(32)20(33)21(34)23(40-15)17-14(30)5-13(29)16-18(31)12(6-37-22(16)17)10-1-3-11(28)4-2-10/h1-6,15,19-21,23-25,27-30,32-36H,7-9H2. The maximum atomic E-state index is 13.3. The van der Waals surface area contributed by atoms with Gasteiger partial charge in [-0.1, -0.05) is 12.1 Å². The van der Waals surface area contributed by atoms with Gasteiger partial charge in [-0.2, -0.15) is 0 Å². The summed E-state index contributed by atoms with van der Waals surface area (Å²) >= 11 is 0. The fourth-order valence-electron chi connectivity index (χ4n) is 4.86. The molecule has 2 fully saturated rings. The van der Waals surface area contributed by atoms with Crippen LogP contribution in [0.5, 0.6) is 17.2 Å². The molecule has 0 bridgehead atoms. The molecule has 0 radical (unpaired) electrons. The highest BCUT2D eigenvalue weighted by atomic mass is 16.7. The maximum Gasteiger partial charge on any atom is 0.204 e. The Bertz CT molecular complexity index is 1440. The quantitative estimate of drug-likeness (QED) is 0.167. The van der Waals surface area contributed by atoms with Gasteiger partial charge in [0.15, 0.2) is 11.9 Å². The molecule has 3 aromatic rings. The van der Waals surface area contributed by atoms with Crippen LogP contribution >= 0.6 is 0 Å². The van der Waals surface area contributed by atoms with E-state index < -0.39 is 85.3 Å². The fourth-order valence-corrected chi connectivity index (χ4v) is 4.86. The van der Waals surface area contributed by atoms with Crippen molar-refractivity contribution < 1.29 is 64.6 Å². The highest BCUT2D eigenvalue weighted by molar-refractivity contribution is 5.91. The van der Waals surface area contributed by atoms with Crippen LogP contribution in [0.4, 0.5) is 0 Å². The first-order valence-corrected chi connectivity index (χ1v) is 12.2. The molecule has 0 aliphatic carbocycles. The van der Waals surface area contributed by atoms with Gasteiger partial charge in [-0.3, -0.25) is 4.79 Å². The van der Waals surface area contributed by atoms with Crippen molar-refractivity contribution in [1.29, 1.82) is 0 Å². The van der Waals surface area contributed by atoms with Gasteiger partial charge in [-0.25, -0.2) is 0 Å². The molecule has 2 aromatic carbocycles. The van der Waals surface area contributed by atoms with Crippen LogP contribution in [0.2, 0.25) is 0 Å². The van der Waals surface area contributed by atoms with Crippen LogP contribution in [0.25, 0.3) is 22.1 Å². The third-order valence-corrected chi connectivity index (χ3v) is 7.22. The molecular formula is C26H28O14. The average molecular weight is 564 g/mol. The number of hydrogen-bond donors (Lipinski definition) is 9. The smallest absolute Gasteiger partial charge is 0.204 e. The van der Waals surface area contributed by atoms with Gasteiger partial charge in [0.25, 0.3) is 0 Å². The Labute approximate surface area is 225 Å². The number of benzene rings is 2. The normalized spacial score (nSPS) is 32.5. The van der Waals surface area contributed by atoms with E-state index in [1.54, 1.807) is 0 Å². The Hall–Kier alpha value is -3.31. The molecule has 0 amide bonds. The molecular weight excluding hydrogens is 536 g/mol. The summed E-state index contributed by atoms with van der Waals surface area (Å²) in [6.45, 7) is -1.79. The summed E-state index contributed by atoms with van der Waals surface area (Å²) < 4.78 is 22.0. The van der Waals surface area contributed by atoms with Crippen molar-refractivity contribution in [2.24, 2.45) is 0 Å². The summed E-state index contributed by atoms with van der Waals surface area (Å²) in [4.78, 5) is 13.3. The number of aliphatic hydroxyl groups excluding tert-OH is 5. The van der Waals surface area contributed by atoms with E-state index in [0.29, 0.717) is 5.56 Å². The van der Waals surface area contributed by atoms with Gasteiger partial charge < -0.3 is 64.6 Å². The third kappa shape index (κ3) is 4.68. The average Bonchev–Trinajstić information content (AvgIpc) is 3.22. The minimum absolute atomic E-state index is 0.0178. The number of rotatable bonds is 6. The van der Waals surface area contributed by atoms with Crippen LogP contribution in [-0.4, -0.2) is 108 Å². The minimum atomic E-state index is -1.97. The lowest BCUT2D eigenvalue weighted by atomic mass is 9.89. The molecule has 1 aromatic heterocycles. The second-order valence-electron chi connectivity index (χ2n) is 9.84. The zero-order valence-electron chi connectivity index (χ0n) is 20.7. The Morgan fingerprint density at radius 1 is 0.975 bits per heavy atom. The minimum Gasteiger partial charge on any atom is -0.508 e. The SMILES string of the molecule is O=c1c(-c2ccc(O)cc2)coc2c(C3OC(COC4OCC(O)(CO)C4O)C(O)C(O)C3O)c(O)cc(O)c12. The molecule has 14 nitrogen and oxygen atoms in total. The molecule has 2 saturated heterocycles. The summed E-state index contributed by atoms with van der Waals surface area (Å²) in [5, 5.41) is 91.8. The second kappa shape index (κ2) is 10.6. The highest BCUT2D eigenvalue weighted by Crippen LogP contribution is 2.43. The van der Waals surface area contributed by atoms with Crippen LogP contribution in [0.15, 0.2) is 45.8 Å². The third-order valence-electron chi connectivity index (χ3n) is 7.22. The number of ether oxygens (including phenoxy) is 3. The predicted molar refractivity (Wildman–Crippen MR) is 132 cm³/mol. The van der Waals surface area contributed by atoms with E-state index in [4.69, 9.17) is 18.6 Å². The second-order valence-corrected chi connectivity index (χ2v) is 9.84. The zero-order valence-corrected chi connectivity index (χ0v) is 20.7. The van der Waals surface area contributed by atoms with Crippen LogP contribution < -0.4 is 5.43 Å². The van der Waals surface area contributed by atoms with Gasteiger partial charge in [-0.15, -0.1) is 0 Å². The molecule has 2 aliphatic rings. The van der Waals surface area contributed by atoms with Gasteiger partial charge in [0.05, 0.1) is 30.9 Å². The van der Waals surface area contributed by atoms with Crippen LogP contribution in [-0.2, 0) is 14.2 Å². The molecule has 3 heterocycles. The topological polar surface area (TPSA) is 240 Å². The maximum absolute atomic E-state index is 13.3. The first-order valence-electron chi connectivity index (χ1n) is 12.2.